The van der Waals surface area contributed by atoms with E-state index in [-0.39, 0.29) is 11.9 Å². The minimum atomic E-state index is -0.217. The van der Waals surface area contributed by atoms with E-state index in [2.05, 4.69) is 5.32 Å². The minimum Gasteiger partial charge on any atom is -0.497 e. The summed E-state index contributed by atoms with van der Waals surface area (Å²) < 4.78 is 5.17. The first-order valence-electron chi connectivity index (χ1n) is 5.95. The molecule has 6 heteroatoms. The Bertz CT molecular complexity index is 493. The van der Waals surface area contributed by atoms with Crippen molar-refractivity contribution in [3.05, 3.63) is 24.3 Å². The number of hydrogen-bond acceptors (Lipinski definition) is 4. The quantitative estimate of drug-likeness (QED) is 0.842. The monoisotopic (exact) mass is 296 g/mol. The highest BCUT2D eigenvalue weighted by molar-refractivity contribution is 7.98. The first-order valence-corrected chi connectivity index (χ1v) is 7.75. The van der Waals surface area contributed by atoms with Crippen LogP contribution in [0, 0.1) is 0 Å². The Hall–Kier alpha value is -1.27. The maximum absolute atomic E-state index is 12.3. The first-order chi connectivity index (χ1) is 9.17. The number of nitrogens with zero attached hydrogens (tertiary/aromatic N) is 1. The zero-order valence-corrected chi connectivity index (χ0v) is 12.5. The fourth-order valence-electron chi connectivity index (χ4n) is 1.96. The van der Waals surface area contributed by atoms with Crippen molar-refractivity contribution in [2.24, 2.45) is 0 Å². The van der Waals surface area contributed by atoms with Gasteiger partial charge in [-0.3, -0.25) is 9.69 Å². The van der Waals surface area contributed by atoms with Gasteiger partial charge in [-0.15, -0.1) is 0 Å². The van der Waals surface area contributed by atoms with Crippen molar-refractivity contribution in [1.82, 2.24) is 5.32 Å². The fraction of sp³-hybridized carbons (Fsp3) is 0.385. The smallest absolute Gasteiger partial charge is 0.255 e. The molecule has 0 bridgehead atoms. The third-order valence-corrected chi connectivity index (χ3v) is 3.89. The molecule has 19 heavy (non-hydrogen) atoms. The molecule has 1 aliphatic heterocycles. The van der Waals surface area contributed by atoms with Crippen LogP contribution in [0.2, 0.25) is 0 Å². The molecule has 0 radical (unpaired) electrons. The van der Waals surface area contributed by atoms with Gasteiger partial charge in [0.25, 0.3) is 5.91 Å². The van der Waals surface area contributed by atoms with Gasteiger partial charge in [0.15, 0.2) is 5.11 Å². The fourth-order valence-corrected chi connectivity index (χ4v) is 2.77. The molecule has 0 spiro atoms. The van der Waals surface area contributed by atoms with E-state index in [0.29, 0.717) is 10.9 Å². The van der Waals surface area contributed by atoms with Crippen molar-refractivity contribution in [1.29, 1.82) is 0 Å². The van der Waals surface area contributed by atoms with Crippen molar-refractivity contribution in [2.75, 3.05) is 24.0 Å². The van der Waals surface area contributed by atoms with Crippen LogP contribution in [-0.2, 0) is 4.79 Å². The molecule has 102 valence electrons. The van der Waals surface area contributed by atoms with E-state index >= 15 is 0 Å². The lowest BCUT2D eigenvalue weighted by Gasteiger charge is -2.15. The molecule has 0 saturated carbocycles. The summed E-state index contributed by atoms with van der Waals surface area (Å²) in [5, 5.41) is 3.54. The number of benzene rings is 1. The molecular weight excluding hydrogens is 280 g/mol. The molecule has 1 unspecified atom stereocenters. The van der Waals surface area contributed by atoms with Crippen LogP contribution in [0.1, 0.15) is 6.42 Å². The Morgan fingerprint density at radius 2 is 2.32 bits per heavy atom. The third kappa shape index (κ3) is 3.01. The van der Waals surface area contributed by atoms with Crippen LogP contribution in [0.5, 0.6) is 5.75 Å². The van der Waals surface area contributed by atoms with Crippen LogP contribution in [0.3, 0.4) is 0 Å². The van der Waals surface area contributed by atoms with Gasteiger partial charge >= 0.3 is 0 Å². The van der Waals surface area contributed by atoms with E-state index in [1.165, 1.54) is 0 Å². The molecule has 1 N–H and O–H groups in total. The van der Waals surface area contributed by atoms with Crippen LogP contribution in [0.25, 0.3) is 0 Å². The molecular formula is C13H16N2O2S2. The summed E-state index contributed by atoms with van der Waals surface area (Å²) in [7, 11) is 1.60. The molecule has 2 rings (SSSR count). The average Bonchev–Trinajstić information content (AvgIpc) is 2.71. The van der Waals surface area contributed by atoms with Crippen LogP contribution in [0.15, 0.2) is 24.3 Å². The van der Waals surface area contributed by atoms with Gasteiger partial charge in [-0.1, -0.05) is 6.07 Å². The summed E-state index contributed by atoms with van der Waals surface area (Å²) in [5.41, 5.74) is 0.744. The van der Waals surface area contributed by atoms with Crippen molar-refractivity contribution in [2.45, 2.75) is 12.5 Å². The number of thioether (sulfide) groups is 1. The Labute approximate surface area is 122 Å². The predicted octanol–water partition coefficient (Wildman–Crippen LogP) is 2.04. The molecule has 4 nitrogen and oxygen atoms in total. The standard InChI is InChI=1S/C13H16N2O2S2/c1-17-10-5-3-4-9(8-10)15-12(16)11(6-7-19-2)14-13(15)18/h3-5,8,11H,6-7H2,1-2H3,(H,14,18). The number of methoxy groups -OCH3 is 1. The molecule has 0 aliphatic carbocycles. The highest BCUT2D eigenvalue weighted by atomic mass is 32.2. The SMILES string of the molecule is COc1cccc(N2C(=O)C(CCSC)NC2=S)c1. The van der Waals surface area contributed by atoms with Gasteiger partial charge in [-0.05, 0) is 42.8 Å². The zero-order chi connectivity index (χ0) is 13.8. The highest BCUT2D eigenvalue weighted by Gasteiger charge is 2.35. The number of ether oxygens (including phenoxy) is 1. The second kappa shape index (κ2) is 6.25. The third-order valence-electron chi connectivity index (χ3n) is 2.94. The lowest BCUT2D eigenvalue weighted by atomic mass is 10.2. The van der Waals surface area contributed by atoms with Gasteiger partial charge in [-0.25, -0.2) is 0 Å². The largest absolute Gasteiger partial charge is 0.497 e. The van der Waals surface area contributed by atoms with Gasteiger partial charge in [0.05, 0.1) is 12.8 Å². The molecule has 0 aromatic heterocycles. The molecule has 1 aromatic rings. The number of hydrogen-bond donors (Lipinski definition) is 1. The minimum absolute atomic E-state index is 0.00676. The van der Waals surface area contributed by atoms with E-state index in [0.717, 1.165) is 17.9 Å². The lowest BCUT2D eigenvalue weighted by Crippen LogP contribution is -2.31. The van der Waals surface area contributed by atoms with Crippen molar-refractivity contribution in [3.63, 3.8) is 0 Å². The van der Waals surface area contributed by atoms with Crippen molar-refractivity contribution >= 4 is 40.7 Å². The maximum atomic E-state index is 12.3. The average molecular weight is 296 g/mol. The number of carbonyl (C=O) groups excluding carboxylic acids is 1. The molecule has 1 aromatic carbocycles. The van der Waals surface area contributed by atoms with E-state index in [9.17, 15) is 4.79 Å². The maximum Gasteiger partial charge on any atom is 0.255 e. The Balaban J connectivity index is 2.19. The van der Waals surface area contributed by atoms with E-state index in [1.54, 1.807) is 23.8 Å². The van der Waals surface area contributed by atoms with Gasteiger partial charge in [0.1, 0.15) is 11.8 Å². The predicted molar refractivity (Wildman–Crippen MR) is 83.0 cm³/mol. The zero-order valence-electron chi connectivity index (χ0n) is 10.9. The van der Waals surface area contributed by atoms with Gasteiger partial charge < -0.3 is 10.1 Å². The number of anilines is 1. The second-order valence-corrected chi connectivity index (χ2v) is 5.53. The molecule has 1 saturated heterocycles. The van der Waals surface area contributed by atoms with Crippen LogP contribution < -0.4 is 15.0 Å². The molecule has 1 aliphatic rings. The summed E-state index contributed by atoms with van der Waals surface area (Å²) in [4.78, 5) is 13.9. The van der Waals surface area contributed by atoms with E-state index < -0.39 is 0 Å². The van der Waals surface area contributed by atoms with Crippen LogP contribution in [-0.4, -0.2) is 36.2 Å². The molecule has 1 amide bonds. The Kier molecular flexibility index (Phi) is 4.66. The lowest BCUT2D eigenvalue weighted by molar-refractivity contribution is -0.118. The first kappa shape index (κ1) is 14.1. The topological polar surface area (TPSA) is 41.6 Å². The number of amides is 1. The number of carbonyl (C=O) groups is 1. The second-order valence-electron chi connectivity index (χ2n) is 4.16. The molecule has 1 fully saturated rings. The van der Waals surface area contributed by atoms with E-state index in [1.807, 2.05) is 30.5 Å². The van der Waals surface area contributed by atoms with Crippen LogP contribution >= 0.6 is 24.0 Å². The van der Waals surface area contributed by atoms with Gasteiger partial charge in [-0.2, -0.15) is 11.8 Å². The summed E-state index contributed by atoms with van der Waals surface area (Å²) in [6.45, 7) is 0. The Morgan fingerprint density at radius 1 is 1.53 bits per heavy atom. The normalized spacial score (nSPS) is 18.6. The Morgan fingerprint density at radius 3 is 3.00 bits per heavy atom. The van der Waals surface area contributed by atoms with Gasteiger partial charge in [0.2, 0.25) is 0 Å². The number of thiocarbonyl (C=S) groups is 1. The number of nitrogens with one attached hydrogen (secondary N) is 1. The summed E-state index contributed by atoms with van der Waals surface area (Å²) in [6, 6.07) is 7.13. The van der Waals surface area contributed by atoms with Gasteiger partial charge in [0, 0.05) is 6.07 Å². The van der Waals surface area contributed by atoms with Crippen LogP contribution in [0.4, 0.5) is 5.69 Å². The number of rotatable bonds is 5. The highest BCUT2D eigenvalue weighted by Crippen LogP contribution is 2.25. The molecule has 1 heterocycles. The van der Waals surface area contributed by atoms with Crippen molar-refractivity contribution < 1.29 is 9.53 Å². The summed E-state index contributed by atoms with van der Waals surface area (Å²) in [5.74, 6) is 1.64. The van der Waals surface area contributed by atoms with E-state index in [4.69, 9.17) is 17.0 Å². The van der Waals surface area contributed by atoms with Crippen molar-refractivity contribution in [3.8, 4) is 5.75 Å². The summed E-state index contributed by atoms with van der Waals surface area (Å²) >= 11 is 6.97. The summed E-state index contributed by atoms with van der Waals surface area (Å²) in [6.07, 6.45) is 2.80. The molecule has 1 atom stereocenters.